The second-order valence-corrected chi connectivity index (χ2v) is 4.29. The molecule has 1 atom stereocenters. The summed E-state index contributed by atoms with van der Waals surface area (Å²) < 4.78 is 4.99. The fourth-order valence-electron chi connectivity index (χ4n) is 1.49. The third-order valence-electron chi connectivity index (χ3n) is 2.57. The minimum atomic E-state index is -0.576. The highest BCUT2D eigenvalue weighted by Gasteiger charge is 2.09. The lowest BCUT2D eigenvalue weighted by atomic mass is 10.2. The van der Waals surface area contributed by atoms with Gasteiger partial charge in [-0.15, -0.1) is 0 Å². The molecule has 0 radical (unpaired) electrons. The number of furan rings is 1. The number of nitrogens with one attached hydrogen (secondary N) is 2. The van der Waals surface area contributed by atoms with Crippen molar-refractivity contribution in [2.75, 3.05) is 10.6 Å². The summed E-state index contributed by atoms with van der Waals surface area (Å²) in [5, 5.41) is 5.33. The molecule has 2 rings (SSSR count). The van der Waals surface area contributed by atoms with Gasteiger partial charge in [-0.2, -0.15) is 0 Å². The van der Waals surface area contributed by atoms with Crippen LogP contribution < -0.4 is 16.4 Å². The maximum Gasteiger partial charge on any atom is 0.291 e. The van der Waals surface area contributed by atoms with E-state index >= 15 is 0 Å². The van der Waals surface area contributed by atoms with Crippen LogP contribution in [0, 0.1) is 0 Å². The van der Waals surface area contributed by atoms with Gasteiger partial charge in [0.05, 0.1) is 12.3 Å². The number of benzene rings is 1. The van der Waals surface area contributed by atoms with Crippen LogP contribution in [0.1, 0.15) is 17.5 Å². The topological polar surface area (TPSA) is 97.4 Å². The second kappa shape index (κ2) is 6.03. The van der Waals surface area contributed by atoms with Crippen LogP contribution in [0.3, 0.4) is 0 Å². The van der Waals surface area contributed by atoms with E-state index in [-0.39, 0.29) is 17.6 Å². The van der Waals surface area contributed by atoms with Gasteiger partial charge in [0.25, 0.3) is 5.91 Å². The van der Waals surface area contributed by atoms with Crippen molar-refractivity contribution in [2.45, 2.75) is 13.0 Å². The summed E-state index contributed by atoms with van der Waals surface area (Å²) in [5.74, 6) is -0.362. The first kappa shape index (κ1) is 13.8. The Hall–Kier alpha value is -2.60. The maximum atomic E-state index is 11.7. The number of anilines is 2. The molecular weight excluding hydrogens is 258 g/mol. The molecule has 0 aliphatic heterocycles. The van der Waals surface area contributed by atoms with Crippen LogP contribution in [0.15, 0.2) is 47.1 Å². The van der Waals surface area contributed by atoms with Crippen molar-refractivity contribution in [3.63, 3.8) is 0 Å². The number of hydrogen-bond acceptors (Lipinski definition) is 4. The van der Waals surface area contributed by atoms with E-state index in [9.17, 15) is 9.59 Å². The van der Waals surface area contributed by atoms with E-state index in [0.29, 0.717) is 11.4 Å². The van der Waals surface area contributed by atoms with Crippen LogP contribution >= 0.6 is 0 Å². The molecule has 1 aromatic heterocycles. The summed E-state index contributed by atoms with van der Waals surface area (Å²) in [5.41, 5.74) is 6.67. The number of rotatable bonds is 4. The lowest BCUT2D eigenvalue weighted by Gasteiger charge is -2.08. The third-order valence-corrected chi connectivity index (χ3v) is 2.57. The molecule has 6 heteroatoms. The highest BCUT2D eigenvalue weighted by atomic mass is 16.3. The van der Waals surface area contributed by atoms with E-state index < -0.39 is 6.04 Å². The highest BCUT2D eigenvalue weighted by molar-refractivity contribution is 6.02. The van der Waals surface area contributed by atoms with Crippen LogP contribution in [0.4, 0.5) is 11.4 Å². The van der Waals surface area contributed by atoms with Crippen molar-refractivity contribution in [1.29, 1.82) is 0 Å². The zero-order chi connectivity index (χ0) is 14.5. The highest BCUT2D eigenvalue weighted by Crippen LogP contribution is 2.15. The fourth-order valence-corrected chi connectivity index (χ4v) is 1.49. The Labute approximate surface area is 116 Å². The number of nitrogens with two attached hydrogens (primary N) is 1. The molecule has 0 bridgehead atoms. The zero-order valence-corrected chi connectivity index (χ0v) is 10.9. The predicted octanol–water partition coefficient (Wildman–Crippen LogP) is 1.82. The molecule has 0 aliphatic rings. The summed E-state index contributed by atoms with van der Waals surface area (Å²) in [6.07, 6.45) is 1.43. The summed E-state index contributed by atoms with van der Waals surface area (Å²) in [4.78, 5) is 23.1. The molecule has 0 saturated heterocycles. The molecule has 4 N–H and O–H groups in total. The van der Waals surface area contributed by atoms with Gasteiger partial charge in [0.15, 0.2) is 5.76 Å². The monoisotopic (exact) mass is 273 g/mol. The Morgan fingerprint density at radius 2 is 1.70 bits per heavy atom. The minimum Gasteiger partial charge on any atom is -0.459 e. The van der Waals surface area contributed by atoms with E-state index in [0.717, 1.165) is 0 Å². The number of carbonyl (C=O) groups excluding carboxylic acids is 2. The van der Waals surface area contributed by atoms with Gasteiger partial charge in [-0.1, -0.05) is 0 Å². The van der Waals surface area contributed by atoms with E-state index in [2.05, 4.69) is 10.6 Å². The van der Waals surface area contributed by atoms with Crippen molar-refractivity contribution < 1.29 is 14.0 Å². The average Bonchev–Trinajstić information content (AvgIpc) is 2.95. The smallest absolute Gasteiger partial charge is 0.291 e. The van der Waals surface area contributed by atoms with Crippen molar-refractivity contribution in [3.05, 3.63) is 48.4 Å². The molecule has 0 spiro atoms. The van der Waals surface area contributed by atoms with Crippen molar-refractivity contribution in [2.24, 2.45) is 5.73 Å². The molecule has 2 amide bonds. The first-order chi connectivity index (χ1) is 9.56. The molecule has 2 aromatic rings. The summed E-state index contributed by atoms with van der Waals surface area (Å²) >= 11 is 0. The van der Waals surface area contributed by atoms with E-state index in [1.807, 2.05) is 0 Å². The number of hydrogen-bond donors (Lipinski definition) is 3. The molecule has 0 fully saturated rings. The molecule has 1 heterocycles. The Bertz CT molecular complexity index is 589. The summed E-state index contributed by atoms with van der Waals surface area (Å²) in [6, 6.07) is 9.35. The van der Waals surface area contributed by atoms with Crippen LogP contribution in [0.25, 0.3) is 0 Å². The third kappa shape index (κ3) is 3.46. The molecule has 1 aromatic carbocycles. The van der Waals surface area contributed by atoms with Crippen LogP contribution in [-0.4, -0.2) is 17.9 Å². The van der Waals surface area contributed by atoms with Gasteiger partial charge < -0.3 is 20.8 Å². The van der Waals surface area contributed by atoms with Crippen molar-refractivity contribution >= 4 is 23.2 Å². The van der Waals surface area contributed by atoms with E-state index in [4.69, 9.17) is 10.2 Å². The predicted molar refractivity (Wildman–Crippen MR) is 75.4 cm³/mol. The van der Waals surface area contributed by atoms with Crippen LogP contribution in [0.5, 0.6) is 0 Å². The molecule has 20 heavy (non-hydrogen) atoms. The van der Waals surface area contributed by atoms with Crippen LogP contribution in [0.2, 0.25) is 0 Å². The van der Waals surface area contributed by atoms with Gasteiger partial charge in [-0.05, 0) is 43.3 Å². The Kier molecular flexibility index (Phi) is 4.17. The van der Waals surface area contributed by atoms with Gasteiger partial charge in [-0.3, -0.25) is 9.59 Å². The molecule has 6 nitrogen and oxygen atoms in total. The van der Waals surface area contributed by atoms with Gasteiger partial charge in [-0.25, -0.2) is 0 Å². The summed E-state index contributed by atoms with van der Waals surface area (Å²) in [7, 11) is 0. The number of carbonyl (C=O) groups is 2. The fraction of sp³-hybridized carbons (Fsp3) is 0.143. The maximum absolute atomic E-state index is 11.7. The standard InChI is InChI=1S/C14H15N3O3/c1-9(15)13(18)16-10-4-6-11(7-5-10)17-14(19)12-3-2-8-20-12/h2-9H,15H2,1H3,(H,16,18)(H,17,19)/t9-/m0/s1. The second-order valence-electron chi connectivity index (χ2n) is 4.29. The lowest BCUT2D eigenvalue weighted by Crippen LogP contribution is -2.32. The average molecular weight is 273 g/mol. The van der Waals surface area contributed by atoms with Crippen molar-refractivity contribution in [1.82, 2.24) is 0 Å². The van der Waals surface area contributed by atoms with Crippen molar-refractivity contribution in [3.8, 4) is 0 Å². The quantitative estimate of drug-likeness (QED) is 0.791. The normalized spacial score (nSPS) is 11.7. The van der Waals surface area contributed by atoms with E-state index in [1.165, 1.54) is 6.26 Å². The molecule has 0 aliphatic carbocycles. The Morgan fingerprint density at radius 3 is 2.20 bits per heavy atom. The molecule has 104 valence electrons. The zero-order valence-electron chi connectivity index (χ0n) is 10.9. The Morgan fingerprint density at radius 1 is 1.10 bits per heavy atom. The molecule has 0 saturated carbocycles. The van der Waals surface area contributed by atoms with Gasteiger partial charge in [0, 0.05) is 11.4 Å². The lowest BCUT2D eigenvalue weighted by molar-refractivity contribution is -0.117. The first-order valence-corrected chi connectivity index (χ1v) is 6.07. The van der Waals surface area contributed by atoms with E-state index in [1.54, 1.807) is 43.3 Å². The summed E-state index contributed by atoms with van der Waals surface area (Å²) in [6.45, 7) is 1.60. The molecular formula is C14H15N3O3. The van der Waals surface area contributed by atoms with Gasteiger partial charge in [0.1, 0.15) is 0 Å². The largest absolute Gasteiger partial charge is 0.459 e. The minimum absolute atomic E-state index is 0.235. The number of amides is 2. The van der Waals surface area contributed by atoms with Crippen LogP contribution in [-0.2, 0) is 4.79 Å². The molecule has 0 unspecified atom stereocenters. The first-order valence-electron chi connectivity index (χ1n) is 6.07. The van der Waals surface area contributed by atoms with Gasteiger partial charge in [0.2, 0.25) is 5.91 Å². The van der Waals surface area contributed by atoms with Gasteiger partial charge >= 0.3 is 0 Å². The SMILES string of the molecule is C[C@H](N)C(=O)Nc1ccc(NC(=O)c2ccco2)cc1. The Balaban J connectivity index is 1.98.